The highest BCUT2D eigenvalue weighted by Crippen LogP contribution is 2.16. The third-order valence-corrected chi connectivity index (χ3v) is 3.39. The molecule has 1 aromatic carbocycles. The van der Waals surface area contributed by atoms with Crippen molar-refractivity contribution < 1.29 is 9.59 Å². The zero-order valence-corrected chi connectivity index (χ0v) is 12.1. The standard InChI is InChI=1S/C14H19N3O2.ClH/c15-14(19)11-5-4-8-17(10-11)13(18)9-16-12-6-2-1-3-7-12;/h1-3,6-7,11,16H,4-5,8-10H2,(H2,15,19);1H. The summed E-state index contributed by atoms with van der Waals surface area (Å²) in [7, 11) is 0. The van der Waals surface area contributed by atoms with Crippen molar-refractivity contribution in [2.75, 3.05) is 25.0 Å². The van der Waals surface area contributed by atoms with Crippen molar-refractivity contribution in [1.29, 1.82) is 0 Å². The summed E-state index contributed by atoms with van der Waals surface area (Å²) < 4.78 is 0. The Labute approximate surface area is 124 Å². The van der Waals surface area contributed by atoms with Crippen molar-refractivity contribution in [3.05, 3.63) is 30.3 Å². The quantitative estimate of drug-likeness (QED) is 0.878. The molecule has 6 heteroatoms. The van der Waals surface area contributed by atoms with E-state index in [1.165, 1.54) is 0 Å². The van der Waals surface area contributed by atoms with E-state index in [2.05, 4.69) is 5.32 Å². The number of hydrogen-bond acceptors (Lipinski definition) is 3. The van der Waals surface area contributed by atoms with Crippen LogP contribution in [0.1, 0.15) is 12.8 Å². The molecule has 2 rings (SSSR count). The zero-order chi connectivity index (χ0) is 13.7. The molecule has 0 radical (unpaired) electrons. The van der Waals surface area contributed by atoms with E-state index in [1.54, 1.807) is 4.90 Å². The molecule has 1 aliphatic heterocycles. The Morgan fingerprint density at radius 3 is 2.65 bits per heavy atom. The fraction of sp³-hybridized carbons (Fsp3) is 0.429. The fourth-order valence-corrected chi connectivity index (χ4v) is 2.28. The number of hydrogen-bond donors (Lipinski definition) is 2. The molecule has 20 heavy (non-hydrogen) atoms. The molecule has 110 valence electrons. The summed E-state index contributed by atoms with van der Waals surface area (Å²) in [6.45, 7) is 1.40. The van der Waals surface area contributed by atoms with Crippen LogP contribution < -0.4 is 11.1 Å². The molecule has 2 amide bonds. The highest BCUT2D eigenvalue weighted by molar-refractivity contribution is 5.85. The molecular weight excluding hydrogens is 278 g/mol. The first-order valence-corrected chi connectivity index (χ1v) is 6.53. The number of piperidine rings is 1. The number of para-hydroxylation sites is 1. The lowest BCUT2D eigenvalue weighted by Crippen LogP contribution is -2.45. The molecule has 0 spiro atoms. The predicted molar refractivity (Wildman–Crippen MR) is 80.7 cm³/mol. The van der Waals surface area contributed by atoms with E-state index in [0.717, 1.165) is 18.5 Å². The molecule has 1 aromatic rings. The van der Waals surface area contributed by atoms with Crippen LogP contribution in [0.3, 0.4) is 0 Å². The molecule has 0 aromatic heterocycles. The molecule has 0 saturated carbocycles. The average Bonchev–Trinajstić information content (AvgIpc) is 2.46. The molecule has 1 heterocycles. The molecule has 1 fully saturated rings. The van der Waals surface area contributed by atoms with Gasteiger partial charge in [0.2, 0.25) is 11.8 Å². The van der Waals surface area contributed by atoms with Gasteiger partial charge < -0.3 is 16.0 Å². The summed E-state index contributed by atoms with van der Waals surface area (Å²) in [6, 6.07) is 9.58. The van der Waals surface area contributed by atoms with Gasteiger partial charge in [0.05, 0.1) is 12.5 Å². The van der Waals surface area contributed by atoms with Gasteiger partial charge in [0.15, 0.2) is 0 Å². The maximum atomic E-state index is 12.1. The number of anilines is 1. The van der Waals surface area contributed by atoms with E-state index >= 15 is 0 Å². The molecular formula is C14H20ClN3O2. The number of nitrogens with two attached hydrogens (primary N) is 1. The molecule has 0 bridgehead atoms. The van der Waals surface area contributed by atoms with Gasteiger partial charge in [-0.2, -0.15) is 0 Å². The summed E-state index contributed by atoms with van der Waals surface area (Å²) in [6.07, 6.45) is 1.62. The lowest BCUT2D eigenvalue weighted by Gasteiger charge is -2.31. The Hall–Kier alpha value is -1.75. The Balaban J connectivity index is 0.00000200. The SMILES string of the molecule is Cl.NC(=O)C1CCCN(C(=O)CNc2ccccc2)C1. The summed E-state index contributed by atoms with van der Waals surface area (Å²) >= 11 is 0. The number of carbonyl (C=O) groups is 2. The van der Waals surface area contributed by atoms with Crippen molar-refractivity contribution in [3.8, 4) is 0 Å². The zero-order valence-electron chi connectivity index (χ0n) is 11.2. The van der Waals surface area contributed by atoms with E-state index in [0.29, 0.717) is 13.1 Å². The normalized spacial score (nSPS) is 18.0. The third kappa shape index (κ3) is 4.42. The van der Waals surface area contributed by atoms with E-state index in [9.17, 15) is 9.59 Å². The van der Waals surface area contributed by atoms with Crippen molar-refractivity contribution in [2.45, 2.75) is 12.8 Å². The number of benzene rings is 1. The van der Waals surface area contributed by atoms with Gasteiger partial charge in [-0.3, -0.25) is 9.59 Å². The number of rotatable bonds is 4. The number of amides is 2. The highest BCUT2D eigenvalue weighted by Gasteiger charge is 2.26. The second-order valence-corrected chi connectivity index (χ2v) is 4.80. The predicted octanol–water partition coefficient (Wildman–Crippen LogP) is 1.24. The van der Waals surface area contributed by atoms with Crippen LogP contribution in [-0.2, 0) is 9.59 Å². The van der Waals surface area contributed by atoms with Gasteiger partial charge in [0, 0.05) is 18.8 Å². The van der Waals surface area contributed by atoms with Gasteiger partial charge in [-0.05, 0) is 25.0 Å². The Kier molecular flexibility index (Phi) is 6.31. The van der Waals surface area contributed by atoms with Crippen LogP contribution in [0.5, 0.6) is 0 Å². The molecule has 1 atom stereocenters. The monoisotopic (exact) mass is 297 g/mol. The minimum absolute atomic E-state index is 0. The van der Waals surface area contributed by atoms with Crippen LogP contribution in [0.25, 0.3) is 0 Å². The summed E-state index contributed by atoms with van der Waals surface area (Å²) in [4.78, 5) is 24.9. The molecule has 5 nitrogen and oxygen atoms in total. The van der Waals surface area contributed by atoms with Crippen molar-refractivity contribution in [1.82, 2.24) is 4.90 Å². The number of likely N-dealkylation sites (tertiary alicyclic amines) is 1. The van der Waals surface area contributed by atoms with Crippen LogP contribution >= 0.6 is 12.4 Å². The minimum Gasteiger partial charge on any atom is -0.376 e. The van der Waals surface area contributed by atoms with Gasteiger partial charge in [-0.1, -0.05) is 18.2 Å². The topological polar surface area (TPSA) is 75.4 Å². The van der Waals surface area contributed by atoms with E-state index in [-0.39, 0.29) is 36.7 Å². The maximum absolute atomic E-state index is 12.1. The van der Waals surface area contributed by atoms with Crippen molar-refractivity contribution >= 4 is 29.9 Å². The smallest absolute Gasteiger partial charge is 0.241 e. The van der Waals surface area contributed by atoms with Crippen LogP contribution in [0.15, 0.2) is 30.3 Å². The lowest BCUT2D eigenvalue weighted by atomic mass is 9.97. The molecule has 1 aliphatic rings. The average molecular weight is 298 g/mol. The Morgan fingerprint density at radius 1 is 1.30 bits per heavy atom. The molecule has 0 aliphatic carbocycles. The fourth-order valence-electron chi connectivity index (χ4n) is 2.28. The van der Waals surface area contributed by atoms with Crippen molar-refractivity contribution in [2.24, 2.45) is 11.7 Å². The first kappa shape index (κ1) is 16.3. The summed E-state index contributed by atoms with van der Waals surface area (Å²) in [5.74, 6) is -0.502. The van der Waals surface area contributed by atoms with E-state index in [1.807, 2.05) is 30.3 Å². The second kappa shape index (κ2) is 7.75. The maximum Gasteiger partial charge on any atom is 0.241 e. The lowest BCUT2D eigenvalue weighted by molar-refractivity contribution is -0.133. The van der Waals surface area contributed by atoms with Gasteiger partial charge >= 0.3 is 0 Å². The first-order chi connectivity index (χ1) is 9.16. The van der Waals surface area contributed by atoms with Gasteiger partial charge in [-0.15, -0.1) is 12.4 Å². The second-order valence-electron chi connectivity index (χ2n) is 4.80. The first-order valence-electron chi connectivity index (χ1n) is 6.53. The van der Waals surface area contributed by atoms with Crippen molar-refractivity contribution in [3.63, 3.8) is 0 Å². The minimum atomic E-state index is -0.312. The van der Waals surface area contributed by atoms with Gasteiger partial charge in [0.25, 0.3) is 0 Å². The molecule has 1 saturated heterocycles. The summed E-state index contributed by atoms with van der Waals surface area (Å²) in [5, 5.41) is 3.08. The number of primary amides is 1. The Morgan fingerprint density at radius 2 is 2.00 bits per heavy atom. The number of halogens is 1. The Bertz CT molecular complexity index is 453. The van der Waals surface area contributed by atoms with Crippen LogP contribution in [-0.4, -0.2) is 36.3 Å². The van der Waals surface area contributed by atoms with E-state index in [4.69, 9.17) is 5.73 Å². The third-order valence-electron chi connectivity index (χ3n) is 3.39. The largest absolute Gasteiger partial charge is 0.376 e. The molecule has 3 N–H and O–H groups in total. The molecule has 1 unspecified atom stereocenters. The van der Waals surface area contributed by atoms with Gasteiger partial charge in [-0.25, -0.2) is 0 Å². The van der Waals surface area contributed by atoms with Crippen LogP contribution in [0, 0.1) is 5.92 Å². The van der Waals surface area contributed by atoms with Crippen LogP contribution in [0.4, 0.5) is 5.69 Å². The number of nitrogens with one attached hydrogen (secondary N) is 1. The van der Waals surface area contributed by atoms with Crippen LogP contribution in [0.2, 0.25) is 0 Å². The summed E-state index contributed by atoms with van der Waals surface area (Å²) in [5.41, 5.74) is 6.22. The number of carbonyl (C=O) groups excluding carboxylic acids is 2. The van der Waals surface area contributed by atoms with E-state index < -0.39 is 0 Å². The highest BCUT2D eigenvalue weighted by atomic mass is 35.5. The van der Waals surface area contributed by atoms with Gasteiger partial charge in [0.1, 0.15) is 0 Å². The number of nitrogens with zero attached hydrogens (tertiary/aromatic N) is 1.